The van der Waals surface area contributed by atoms with Crippen LogP contribution in [0.25, 0.3) is 0 Å². The van der Waals surface area contributed by atoms with E-state index in [1.807, 2.05) is 0 Å². The highest BCUT2D eigenvalue weighted by Gasteiger charge is 2.36. The van der Waals surface area contributed by atoms with Crippen molar-refractivity contribution in [1.82, 2.24) is 0 Å². The Hall–Kier alpha value is -0.430. The molecule has 0 heterocycles. The fourth-order valence-electron chi connectivity index (χ4n) is 1.09. The molecule has 7 heteroatoms. The van der Waals surface area contributed by atoms with E-state index in [2.05, 4.69) is 31.9 Å². The smallest absolute Gasteiger partial charge is 0.293 e. The van der Waals surface area contributed by atoms with Crippen LogP contribution in [-0.2, 0) is 6.18 Å². The van der Waals surface area contributed by atoms with Crippen LogP contribution < -0.4 is 0 Å². The third-order valence-electron chi connectivity index (χ3n) is 1.80. The second-order valence-electron chi connectivity index (χ2n) is 2.84. The van der Waals surface area contributed by atoms with E-state index < -0.39 is 28.9 Å². The summed E-state index contributed by atoms with van der Waals surface area (Å²) < 4.78 is 50.5. The number of ketones is 1. The molecule has 1 aromatic carbocycles. The summed E-state index contributed by atoms with van der Waals surface area (Å²) in [5.74, 6) is -2.30. The molecule has 88 valence electrons. The van der Waals surface area contributed by atoms with Crippen molar-refractivity contribution < 1.29 is 22.4 Å². The molecule has 0 aliphatic rings. The number of carbonyl (C=O) groups excluding carboxylic acids is 1. The molecule has 0 saturated carbocycles. The van der Waals surface area contributed by atoms with Crippen molar-refractivity contribution in [2.75, 3.05) is 5.33 Å². The third kappa shape index (κ3) is 2.63. The molecule has 0 atom stereocenters. The molecule has 0 aliphatic heterocycles. The number of hydrogen-bond acceptors (Lipinski definition) is 1. The summed E-state index contributed by atoms with van der Waals surface area (Å²) in [7, 11) is 0. The first-order valence-electron chi connectivity index (χ1n) is 3.93. The van der Waals surface area contributed by atoms with Crippen molar-refractivity contribution >= 4 is 37.6 Å². The fraction of sp³-hybridized carbons (Fsp3) is 0.222. The van der Waals surface area contributed by atoms with Crippen LogP contribution >= 0.6 is 31.9 Å². The minimum Gasteiger partial charge on any atom is -0.293 e. The van der Waals surface area contributed by atoms with Gasteiger partial charge in [-0.25, -0.2) is 4.39 Å². The molecule has 0 aliphatic carbocycles. The predicted octanol–water partition coefficient (Wildman–Crippen LogP) is 4.18. The molecule has 0 N–H and O–H groups in total. The monoisotopic (exact) mass is 362 g/mol. The van der Waals surface area contributed by atoms with Gasteiger partial charge in [0.1, 0.15) is 5.82 Å². The molecule has 0 fully saturated rings. The molecular weight excluding hydrogens is 360 g/mol. The van der Waals surface area contributed by atoms with Gasteiger partial charge in [-0.15, -0.1) is 0 Å². The van der Waals surface area contributed by atoms with Crippen molar-refractivity contribution in [2.24, 2.45) is 0 Å². The standard InChI is InChI=1S/C9H4Br2F4O/c10-3-6(16)7-5(11)2-1-4(8(7)12)9(13,14)15/h1-2H,3H2. The summed E-state index contributed by atoms with van der Waals surface area (Å²) in [4.78, 5) is 11.3. The maximum atomic E-state index is 13.5. The van der Waals surface area contributed by atoms with Gasteiger partial charge in [0.15, 0.2) is 5.78 Å². The van der Waals surface area contributed by atoms with Gasteiger partial charge in [0, 0.05) is 4.47 Å². The van der Waals surface area contributed by atoms with E-state index in [0.29, 0.717) is 6.07 Å². The van der Waals surface area contributed by atoms with Crippen molar-refractivity contribution in [1.29, 1.82) is 0 Å². The van der Waals surface area contributed by atoms with Gasteiger partial charge in [-0.1, -0.05) is 15.9 Å². The average molecular weight is 364 g/mol. The molecule has 0 saturated heterocycles. The number of alkyl halides is 4. The van der Waals surface area contributed by atoms with E-state index >= 15 is 0 Å². The molecule has 0 radical (unpaired) electrons. The minimum absolute atomic E-state index is 0.00227. The van der Waals surface area contributed by atoms with E-state index in [-0.39, 0.29) is 9.80 Å². The lowest BCUT2D eigenvalue weighted by Gasteiger charge is -2.11. The largest absolute Gasteiger partial charge is 0.419 e. The Kier molecular flexibility index (Phi) is 4.12. The van der Waals surface area contributed by atoms with Gasteiger partial charge < -0.3 is 0 Å². The van der Waals surface area contributed by atoms with E-state index in [1.165, 1.54) is 0 Å². The summed E-state index contributed by atoms with van der Waals surface area (Å²) in [6, 6.07) is 1.59. The summed E-state index contributed by atoms with van der Waals surface area (Å²) in [6.45, 7) is 0. The van der Waals surface area contributed by atoms with Gasteiger partial charge in [-0.3, -0.25) is 4.79 Å². The van der Waals surface area contributed by atoms with Crippen LogP contribution in [0.2, 0.25) is 0 Å². The highest BCUT2D eigenvalue weighted by Crippen LogP contribution is 2.35. The Bertz CT molecular complexity index is 428. The van der Waals surface area contributed by atoms with Gasteiger partial charge in [-0.05, 0) is 28.1 Å². The minimum atomic E-state index is -4.81. The Morgan fingerprint density at radius 2 is 1.88 bits per heavy atom. The lowest BCUT2D eigenvalue weighted by molar-refractivity contribution is -0.140. The van der Waals surface area contributed by atoms with Crippen LogP contribution in [0.4, 0.5) is 17.6 Å². The zero-order chi connectivity index (χ0) is 12.5. The Labute approximate surface area is 105 Å². The molecule has 1 nitrogen and oxygen atoms in total. The number of benzene rings is 1. The fourth-order valence-corrected chi connectivity index (χ4v) is 1.90. The maximum Gasteiger partial charge on any atom is 0.419 e. The number of hydrogen-bond donors (Lipinski definition) is 0. The second-order valence-corrected chi connectivity index (χ2v) is 4.25. The number of rotatable bonds is 2. The summed E-state index contributed by atoms with van der Waals surface area (Å²) in [6.07, 6.45) is -4.81. The predicted molar refractivity (Wildman–Crippen MR) is 57.2 cm³/mol. The van der Waals surface area contributed by atoms with Crippen molar-refractivity contribution in [3.05, 3.63) is 33.5 Å². The van der Waals surface area contributed by atoms with Gasteiger partial charge >= 0.3 is 6.18 Å². The lowest BCUT2D eigenvalue weighted by Crippen LogP contribution is -2.13. The Morgan fingerprint density at radius 3 is 2.31 bits per heavy atom. The normalized spacial score (nSPS) is 11.6. The molecule has 0 bridgehead atoms. The average Bonchev–Trinajstić information content (AvgIpc) is 2.15. The zero-order valence-corrected chi connectivity index (χ0v) is 10.7. The Balaban J connectivity index is 3.45. The molecular formula is C9H4Br2F4O. The van der Waals surface area contributed by atoms with Crippen LogP contribution in [0.1, 0.15) is 15.9 Å². The van der Waals surface area contributed by atoms with Crippen molar-refractivity contribution in [3.63, 3.8) is 0 Å². The number of carbonyl (C=O) groups is 1. The molecule has 1 aromatic rings. The maximum absolute atomic E-state index is 13.5. The molecule has 0 spiro atoms. The first-order valence-corrected chi connectivity index (χ1v) is 5.85. The molecule has 0 amide bonds. The molecule has 16 heavy (non-hydrogen) atoms. The first kappa shape index (κ1) is 13.6. The van der Waals surface area contributed by atoms with Crippen molar-refractivity contribution in [3.8, 4) is 0 Å². The van der Waals surface area contributed by atoms with Gasteiger partial charge in [0.2, 0.25) is 0 Å². The first-order chi connectivity index (χ1) is 7.29. The summed E-state index contributed by atoms with van der Waals surface area (Å²) >= 11 is 5.62. The SMILES string of the molecule is O=C(CBr)c1c(Br)ccc(C(F)(F)F)c1F. The number of Topliss-reactive ketones (excluding diaryl/α,β-unsaturated/α-hetero) is 1. The topological polar surface area (TPSA) is 17.1 Å². The lowest BCUT2D eigenvalue weighted by atomic mass is 10.1. The summed E-state index contributed by atoms with van der Waals surface area (Å²) in [5, 5.41) is -0.246. The van der Waals surface area contributed by atoms with E-state index in [4.69, 9.17) is 0 Å². The van der Waals surface area contributed by atoms with E-state index in [1.54, 1.807) is 0 Å². The van der Waals surface area contributed by atoms with E-state index in [0.717, 1.165) is 6.07 Å². The van der Waals surface area contributed by atoms with Gasteiger partial charge in [0.25, 0.3) is 0 Å². The van der Waals surface area contributed by atoms with E-state index in [9.17, 15) is 22.4 Å². The van der Waals surface area contributed by atoms with Crippen LogP contribution in [0.5, 0.6) is 0 Å². The molecule has 0 aromatic heterocycles. The quantitative estimate of drug-likeness (QED) is 0.437. The zero-order valence-electron chi connectivity index (χ0n) is 7.54. The second kappa shape index (κ2) is 4.83. The highest BCUT2D eigenvalue weighted by molar-refractivity contribution is 9.10. The van der Waals surface area contributed by atoms with Crippen LogP contribution in [0.3, 0.4) is 0 Å². The molecule has 1 rings (SSSR count). The van der Waals surface area contributed by atoms with Crippen LogP contribution in [-0.4, -0.2) is 11.1 Å². The Morgan fingerprint density at radius 1 is 1.31 bits per heavy atom. The summed E-state index contributed by atoms with van der Waals surface area (Å²) in [5.41, 5.74) is -2.04. The number of halogens is 6. The van der Waals surface area contributed by atoms with Gasteiger partial charge in [0.05, 0.1) is 16.5 Å². The van der Waals surface area contributed by atoms with Crippen LogP contribution in [0, 0.1) is 5.82 Å². The molecule has 0 unspecified atom stereocenters. The van der Waals surface area contributed by atoms with Crippen LogP contribution in [0.15, 0.2) is 16.6 Å². The van der Waals surface area contributed by atoms with Crippen molar-refractivity contribution in [2.45, 2.75) is 6.18 Å². The third-order valence-corrected chi connectivity index (χ3v) is 2.97. The van der Waals surface area contributed by atoms with Gasteiger partial charge in [-0.2, -0.15) is 13.2 Å². The highest BCUT2D eigenvalue weighted by atomic mass is 79.9.